The van der Waals surface area contributed by atoms with Crippen LogP contribution in [0.15, 0.2) is 54.6 Å². The molecule has 3 heteroatoms. The minimum atomic E-state index is 0.194. The number of nitrogens with zero attached hydrogens (tertiary/aromatic N) is 1. The molecule has 0 spiro atoms. The maximum absolute atomic E-state index is 13.0. The van der Waals surface area contributed by atoms with Crippen molar-refractivity contribution in [2.45, 2.75) is 46.2 Å². The number of amides is 1. The van der Waals surface area contributed by atoms with Gasteiger partial charge in [0, 0.05) is 37.4 Å². The Balaban J connectivity index is 1.50. The fraction of sp³-hybridized carbons (Fsp3) is 0.458. The van der Waals surface area contributed by atoms with Gasteiger partial charge in [0.25, 0.3) is 0 Å². The van der Waals surface area contributed by atoms with Crippen LogP contribution in [0.5, 0.6) is 0 Å². The molecule has 1 aliphatic rings. The monoisotopic (exact) mass is 365 g/mol. The van der Waals surface area contributed by atoms with E-state index in [1.54, 1.807) is 4.90 Å². The number of aryl methyl sites for hydroxylation is 1. The predicted octanol–water partition coefficient (Wildman–Crippen LogP) is 3.09. The number of hydrogen-bond donors (Lipinski definition) is 1. The van der Waals surface area contributed by atoms with Crippen LogP contribution in [0.25, 0.3) is 0 Å². The predicted molar refractivity (Wildman–Crippen MR) is 110 cm³/mol. The van der Waals surface area contributed by atoms with Crippen molar-refractivity contribution in [3.05, 3.63) is 71.3 Å². The zero-order valence-corrected chi connectivity index (χ0v) is 16.8. The number of carbonyl (C=O) groups is 1. The van der Waals surface area contributed by atoms with Gasteiger partial charge in [-0.15, -0.1) is 0 Å². The van der Waals surface area contributed by atoms with Crippen molar-refractivity contribution in [1.29, 1.82) is 0 Å². The zero-order chi connectivity index (χ0) is 19.1. The minimum absolute atomic E-state index is 0.194. The van der Waals surface area contributed by atoms with Crippen molar-refractivity contribution in [3.8, 4) is 0 Å². The molecule has 0 unspecified atom stereocenters. The smallest absolute Gasteiger partial charge is 0.226 e. The molecule has 0 aromatic heterocycles. The maximum atomic E-state index is 13.0. The molecule has 0 bridgehead atoms. The molecule has 0 radical (unpaired) electrons. The van der Waals surface area contributed by atoms with Gasteiger partial charge in [0.2, 0.25) is 5.91 Å². The second-order valence-electron chi connectivity index (χ2n) is 7.71. The molecule has 0 atom stereocenters. The summed E-state index contributed by atoms with van der Waals surface area (Å²) in [5.41, 5.74) is 4.02. The molecule has 0 aliphatic carbocycles. The van der Waals surface area contributed by atoms with Gasteiger partial charge >= 0.3 is 0 Å². The Hall–Kier alpha value is -2.13. The molecule has 0 saturated carbocycles. The quantitative estimate of drug-likeness (QED) is 0.801. The van der Waals surface area contributed by atoms with Crippen LogP contribution in [-0.2, 0) is 24.3 Å². The number of hydrogen-bond acceptors (Lipinski definition) is 1. The average Bonchev–Trinajstić information content (AvgIpc) is 2.73. The van der Waals surface area contributed by atoms with Crippen molar-refractivity contribution in [1.82, 2.24) is 4.90 Å². The molecule has 1 heterocycles. The molecule has 2 aromatic rings. The first-order valence-electron chi connectivity index (χ1n) is 10.4. The minimum Gasteiger partial charge on any atom is -0.338 e. The Morgan fingerprint density at radius 2 is 1.56 bits per heavy atom. The average molecular weight is 366 g/mol. The fourth-order valence-electron chi connectivity index (χ4n) is 4.04. The van der Waals surface area contributed by atoms with E-state index in [4.69, 9.17) is 0 Å². The maximum Gasteiger partial charge on any atom is 0.226 e. The van der Waals surface area contributed by atoms with E-state index in [1.807, 2.05) is 23.1 Å². The van der Waals surface area contributed by atoms with Crippen LogP contribution in [0.4, 0.5) is 0 Å². The first-order valence-corrected chi connectivity index (χ1v) is 10.4. The fourth-order valence-corrected chi connectivity index (χ4v) is 4.04. The summed E-state index contributed by atoms with van der Waals surface area (Å²) in [5.74, 6) is 0.535. The molecular weight excluding hydrogens is 332 g/mol. The number of quaternary nitrogens is 1. The summed E-state index contributed by atoms with van der Waals surface area (Å²) >= 11 is 0. The highest BCUT2D eigenvalue weighted by atomic mass is 16.2. The summed E-state index contributed by atoms with van der Waals surface area (Å²) in [4.78, 5) is 16.6. The molecular formula is C24H33N2O+. The van der Waals surface area contributed by atoms with E-state index in [-0.39, 0.29) is 5.92 Å². The first-order chi connectivity index (χ1) is 13.2. The molecule has 1 amide bonds. The lowest BCUT2D eigenvalue weighted by Gasteiger charge is -2.32. The standard InChI is InChI=1S/C24H32N2O/c1-3-20-10-12-22(13-11-20)18-25-16-14-23(15-17-25)24(27)26(4-2)19-21-8-6-5-7-9-21/h5-13,23H,3-4,14-19H2,1-2H3/p+1. The number of rotatable bonds is 7. The van der Waals surface area contributed by atoms with Gasteiger partial charge in [-0.25, -0.2) is 0 Å². The van der Waals surface area contributed by atoms with Gasteiger partial charge in [-0.05, 0) is 24.5 Å². The second kappa shape index (κ2) is 9.70. The van der Waals surface area contributed by atoms with Crippen LogP contribution in [0.1, 0.15) is 43.4 Å². The SMILES string of the molecule is CCc1ccc(C[NH+]2CCC(C(=O)N(CC)Cc3ccccc3)CC2)cc1. The van der Waals surface area contributed by atoms with E-state index in [0.717, 1.165) is 52.0 Å². The summed E-state index contributed by atoms with van der Waals surface area (Å²) in [6.07, 6.45) is 3.11. The van der Waals surface area contributed by atoms with E-state index in [0.29, 0.717) is 5.91 Å². The molecule has 1 N–H and O–H groups in total. The summed E-state index contributed by atoms with van der Waals surface area (Å²) in [6, 6.07) is 19.3. The molecule has 1 fully saturated rings. The van der Waals surface area contributed by atoms with Gasteiger partial charge in [0.15, 0.2) is 0 Å². The van der Waals surface area contributed by atoms with Gasteiger partial charge in [-0.1, -0.05) is 61.5 Å². The van der Waals surface area contributed by atoms with Gasteiger partial charge in [-0.3, -0.25) is 4.79 Å². The third-order valence-corrected chi connectivity index (χ3v) is 5.84. The highest BCUT2D eigenvalue weighted by Gasteiger charge is 2.30. The Morgan fingerprint density at radius 3 is 2.15 bits per heavy atom. The number of carbonyl (C=O) groups excluding carboxylic acids is 1. The van der Waals surface area contributed by atoms with Crippen molar-refractivity contribution in [3.63, 3.8) is 0 Å². The highest BCUT2D eigenvalue weighted by molar-refractivity contribution is 5.78. The van der Waals surface area contributed by atoms with E-state index in [2.05, 4.69) is 50.2 Å². The summed E-state index contributed by atoms with van der Waals surface area (Å²) in [6.45, 7) is 9.05. The highest BCUT2D eigenvalue weighted by Crippen LogP contribution is 2.16. The molecule has 3 rings (SSSR count). The van der Waals surface area contributed by atoms with Crippen LogP contribution < -0.4 is 4.90 Å². The lowest BCUT2D eigenvalue weighted by atomic mass is 9.94. The van der Waals surface area contributed by atoms with E-state index >= 15 is 0 Å². The van der Waals surface area contributed by atoms with Crippen molar-refractivity contribution >= 4 is 5.91 Å². The molecule has 3 nitrogen and oxygen atoms in total. The van der Waals surface area contributed by atoms with E-state index < -0.39 is 0 Å². The van der Waals surface area contributed by atoms with Crippen molar-refractivity contribution in [2.24, 2.45) is 5.92 Å². The Kier molecular flexibility index (Phi) is 7.05. The number of benzene rings is 2. The normalized spacial score (nSPS) is 19.6. The van der Waals surface area contributed by atoms with Crippen LogP contribution in [0.3, 0.4) is 0 Å². The Bertz CT molecular complexity index is 703. The summed E-state index contributed by atoms with van der Waals surface area (Å²) in [5, 5.41) is 0. The number of piperidine rings is 1. The van der Waals surface area contributed by atoms with E-state index in [1.165, 1.54) is 16.7 Å². The topological polar surface area (TPSA) is 24.8 Å². The Morgan fingerprint density at radius 1 is 0.926 bits per heavy atom. The molecule has 1 saturated heterocycles. The van der Waals surface area contributed by atoms with Crippen molar-refractivity contribution < 1.29 is 9.69 Å². The first kappa shape index (κ1) is 19.6. The van der Waals surface area contributed by atoms with Crippen LogP contribution >= 0.6 is 0 Å². The number of nitrogens with one attached hydrogen (secondary N) is 1. The molecule has 144 valence electrons. The molecule has 27 heavy (non-hydrogen) atoms. The number of likely N-dealkylation sites (tertiary alicyclic amines) is 1. The third-order valence-electron chi connectivity index (χ3n) is 5.84. The van der Waals surface area contributed by atoms with E-state index in [9.17, 15) is 4.79 Å². The van der Waals surface area contributed by atoms with Gasteiger partial charge in [0.05, 0.1) is 13.1 Å². The molecule has 2 aromatic carbocycles. The van der Waals surface area contributed by atoms with Crippen molar-refractivity contribution in [2.75, 3.05) is 19.6 Å². The van der Waals surface area contributed by atoms with Crippen LogP contribution in [0, 0.1) is 5.92 Å². The van der Waals surface area contributed by atoms with Gasteiger partial charge in [0.1, 0.15) is 6.54 Å². The Labute approximate surface area is 164 Å². The summed E-state index contributed by atoms with van der Waals surface area (Å²) < 4.78 is 0. The van der Waals surface area contributed by atoms with Gasteiger partial charge < -0.3 is 9.80 Å². The van der Waals surface area contributed by atoms with Gasteiger partial charge in [-0.2, -0.15) is 0 Å². The third kappa shape index (κ3) is 5.43. The zero-order valence-electron chi connectivity index (χ0n) is 16.8. The lowest BCUT2D eigenvalue weighted by Crippen LogP contribution is -3.11. The van der Waals surface area contributed by atoms with Crippen LogP contribution in [-0.4, -0.2) is 30.4 Å². The molecule has 1 aliphatic heterocycles. The largest absolute Gasteiger partial charge is 0.338 e. The van der Waals surface area contributed by atoms with Crippen LogP contribution in [0.2, 0.25) is 0 Å². The lowest BCUT2D eigenvalue weighted by molar-refractivity contribution is -0.919. The summed E-state index contributed by atoms with van der Waals surface area (Å²) in [7, 11) is 0. The second-order valence-corrected chi connectivity index (χ2v) is 7.71.